The molecule has 0 saturated carbocycles. The highest BCUT2D eigenvalue weighted by Crippen LogP contribution is 2.24. The summed E-state index contributed by atoms with van der Waals surface area (Å²) in [5.74, 6) is 0.918. The van der Waals surface area contributed by atoms with Gasteiger partial charge in [0.1, 0.15) is 11.3 Å². The Labute approximate surface area is 123 Å². The molecule has 0 aliphatic heterocycles. The van der Waals surface area contributed by atoms with E-state index >= 15 is 0 Å². The summed E-state index contributed by atoms with van der Waals surface area (Å²) in [5.41, 5.74) is 4.63. The highest BCUT2D eigenvalue weighted by atomic mass is 32.1. The van der Waals surface area contributed by atoms with Crippen molar-refractivity contribution in [3.05, 3.63) is 48.2 Å². The molecule has 104 valence electrons. The minimum Gasteiger partial charge on any atom is -0.460 e. The zero-order valence-corrected chi connectivity index (χ0v) is 12.2. The molecule has 0 atom stereocenters. The maximum Gasteiger partial charge on any atom is 0.187 e. The molecule has 0 amide bonds. The van der Waals surface area contributed by atoms with Crippen LogP contribution in [-0.4, -0.2) is 17.9 Å². The monoisotopic (exact) mass is 287 g/mol. The van der Waals surface area contributed by atoms with Gasteiger partial charge in [-0.15, -0.1) is 6.58 Å². The van der Waals surface area contributed by atoms with Crippen molar-refractivity contribution in [2.75, 3.05) is 6.54 Å². The van der Waals surface area contributed by atoms with Crippen molar-refractivity contribution in [1.29, 1.82) is 0 Å². The largest absolute Gasteiger partial charge is 0.460 e. The standard InChI is InChI=1S/C15H17N3OS/c1-3-9-16-15(20)18-17-10-12-11-7-5-6-8-14(11)19-13(12)4-2/h3,5-8,10H,1,4,9H2,2H3,(H2,16,18,20)/b17-10-. The van der Waals surface area contributed by atoms with Crippen LogP contribution in [0.25, 0.3) is 11.0 Å². The fourth-order valence-electron chi connectivity index (χ4n) is 1.88. The first-order valence-electron chi connectivity index (χ1n) is 6.44. The quantitative estimate of drug-likeness (QED) is 0.384. The van der Waals surface area contributed by atoms with Gasteiger partial charge in [0, 0.05) is 23.9 Å². The fourth-order valence-corrected chi connectivity index (χ4v) is 2.02. The first kappa shape index (κ1) is 14.3. The van der Waals surface area contributed by atoms with E-state index in [1.807, 2.05) is 24.3 Å². The highest BCUT2D eigenvalue weighted by Gasteiger charge is 2.10. The van der Waals surface area contributed by atoms with Crippen molar-refractivity contribution in [3.63, 3.8) is 0 Å². The molecule has 4 nitrogen and oxygen atoms in total. The van der Waals surface area contributed by atoms with E-state index in [9.17, 15) is 0 Å². The van der Waals surface area contributed by atoms with Crippen molar-refractivity contribution < 1.29 is 4.42 Å². The van der Waals surface area contributed by atoms with Crippen molar-refractivity contribution in [3.8, 4) is 0 Å². The van der Waals surface area contributed by atoms with Crippen LogP contribution < -0.4 is 10.7 Å². The van der Waals surface area contributed by atoms with Gasteiger partial charge in [-0.2, -0.15) is 5.10 Å². The van der Waals surface area contributed by atoms with Gasteiger partial charge in [-0.1, -0.05) is 31.2 Å². The number of hydrazone groups is 1. The smallest absolute Gasteiger partial charge is 0.187 e. The van der Waals surface area contributed by atoms with Crippen molar-refractivity contribution >= 4 is 34.5 Å². The normalized spacial score (nSPS) is 10.8. The molecule has 0 spiro atoms. The number of nitrogens with zero attached hydrogens (tertiary/aromatic N) is 1. The number of benzene rings is 1. The molecule has 2 N–H and O–H groups in total. The second-order valence-corrected chi connectivity index (χ2v) is 4.57. The Kier molecular flexibility index (Phi) is 4.90. The van der Waals surface area contributed by atoms with Crippen LogP contribution in [0, 0.1) is 0 Å². The Morgan fingerprint density at radius 2 is 2.25 bits per heavy atom. The Hall–Kier alpha value is -2.14. The molecule has 0 unspecified atom stereocenters. The maximum absolute atomic E-state index is 5.79. The number of furan rings is 1. The van der Waals surface area contributed by atoms with E-state index in [2.05, 4.69) is 29.3 Å². The molecule has 0 aliphatic carbocycles. The SMILES string of the molecule is C=CCNC(=S)N/N=C\c1c(CC)oc2ccccc12. The lowest BCUT2D eigenvalue weighted by Gasteiger charge is -2.03. The number of hydrogen-bond acceptors (Lipinski definition) is 3. The number of hydrogen-bond donors (Lipinski definition) is 2. The number of rotatable bonds is 5. The summed E-state index contributed by atoms with van der Waals surface area (Å²) < 4.78 is 5.79. The van der Waals surface area contributed by atoms with E-state index in [0.29, 0.717) is 11.7 Å². The van der Waals surface area contributed by atoms with Crippen LogP contribution in [0.1, 0.15) is 18.2 Å². The second-order valence-electron chi connectivity index (χ2n) is 4.16. The molecule has 0 saturated heterocycles. The van der Waals surface area contributed by atoms with Crippen LogP contribution in [-0.2, 0) is 6.42 Å². The van der Waals surface area contributed by atoms with E-state index in [1.54, 1.807) is 12.3 Å². The van der Waals surface area contributed by atoms with Gasteiger partial charge in [-0.3, -0.25) is 5.43 Å². The molecular formula is C15H17N3OS. The van der Waals surface area contributed by atoms with Gasteiger partial charge < -0.3 is 9.73 Å². The molecule has 5 heteroatoms. The van der Waals surface area contributed by atoms with Gasteiger partial charge in [0.2, 0.25) is 0 Å². The van der Waals surface area contributed by atoms with Crippen LogP contribution in [0.15, 0.2) is 46.4 Å². The third kappa shape index (κ3) is 3.24. The molecule has 1 aromatic heterocycles. The van der Waals surface area contributed by atoms with E-state index in [1.165, 1.54) is 0 Å². The van der Waals surface area contributed by atoms with Crippen LogP contribution in [0.3, 0.4) is 0 Å². The van der Waals surface area contributed by atoms with Crippen LogP contribution in [0.4, 0.5) is 0 Å². The van der Waals surface area contributed by atoms with Crippen molar-refractivity contribution in [1.82, 2.24) is 10.7 Å². The predicted molar refractivity (Wildman–Crippen MR) is 87.1 cm³/mol. The second kappa shape index (κ2) is 6.86. The molecule has 0 aliphatic rings. The van der Waals surface area contributed by atoms with E-state index in [0.717, 1.165) is 28.7 Å². The van der Waals surface area contributed by atoms with E-state index in [-0.39, 0.29) is 0 Å². The maximum atomic E-state index is 5.79. The Balaban J connectivity index is 2.16. The van der Waals surface area contributed by atoms with Crippen LogP contribution >= 0.6 is 12.2 Å². The average molecular weight is 287 g/mol. The number of nitrogens with one attached hydrogen (secondary N) is 2. The first-order valence-corrected chi connectivity index (χ1v) is 6.85. The Morgan fingerprint density at radius 1 is 1.45 bits per heavy atom. The minimum atomic E-state index is 0.465. The summed E-state index contributed by atoms with van der Waals surface area (Å²) in [6, 6.07) is 7.92. The summed E-state index contributed by atoms with van der Waals surface area (Å²) in [7, 11) is 0. The van der Waals surface area contributed by atoms with Gasteiger partial charge in [0.05, 0.1) is 6.21 Å². The molecule has 1 heterocycles. The van der Waals surface area contributed by atoms with Gasteiger partial charge in [0.15, 0.2) is 5.11 Å². The van der Waals surface area contributed by atoms with Crippen molar-refractivity contribution in [2.45, 2.75) is 13.3 Å². The van der Waals surface area contributed by atoms with E-state index in [4.69, 9.17) is 16.6 Å². The summed E-state index contributed by atoms with van der Waals surface area (Å²) >= 11 is 5.06. The fraction of sp³-hybridized carbons (Fsp3) is 0.200. The lowest BCUT2D eigenvalue weighted by Crippen LogP contribution is -2.31. The third-order valence-corrected chi connectivity index (χ3v) is 3.03. The van der Waals surface area contributed by atoms with Gasteiger partial charge in [0.25, 0.3) is 0 Å². The summed E-state index contributed by atoms with van der Waals surface area (Å²) in [4.78, 5) is 0. The van der Waals surface area contributed by atoms with Crippen LogP contribution in [0.2, 0.25) is 0 Å². The van der Waals surface area contributed by atoms with Gasteiger partial charge in [-0.25, -0.2) is 0 Å². The number of fused-ring (bicyclic) bond motifs is 1. The number of aryl methyl sites for hydroxylation is 1. The Morgan fingerprint density at radius 3 is 3.00 bits per heavy atom. The summed E-state index contributed by atoms with van der Waals surface area (Å²) in [5, 5.41) is 8.62. The topological polar surface area (TPSA) is 49.6 Å². The molecule has 0 radical (unpaired) electrons. The lowest BCUT2D eigenvalue weighted by molar-refractivity contribution is 0.556. The zero-order valence-electron chi connectivity index (χ0n) is 11.3. The highest BCUT2D eigenvalue weighted by molar-refractivity contribution is 7.80. The number of thiocarbonyl (C=S) groups is 1. The molecule has 0 fully saturated rings. The molecule has 1 aromatic carbocycles. The van der Waals surface area contributed by atoms with Gasteiger partial charge in [-0.05, 0) is 18.3 Å². The van der Waals surface area contributed by atoms with Crippen LogP contribution in [0.5, 0.6) is 0 Å². The lowest BCUT2D eigenvalue weighted by atomic mass is 10.1. The number of para-hydroxylation sites is 1. The Bertz CT molecular complexity index is 646. The van der Waals surface area contributed by atoms with E-state index < -0.39 is 0 Å². The van der Waals surface area contributed by atoms with Crippen molar-refractivity contribution in [2.24, 2.45) is 5.10 Å². The molecular weight excluding hydrogens is 270 g/mol. The molecule has 0 bridgehead atoms. The molecule has 20 heavy (non-hydrogen) atoms. The summed E-state index contributed by atoms with van der Waals surface area (Å²) in [6.07, 6.45) is 4.29. The first-order chi connectivity index (χ1) is 9.76. The zero-order chi connectivity index (χ0) is 14.4. The predicted octanol–water partition coefficient (Wildman–Crippen LogP) is 2.98. The van der Waals surface area contributed by atoms with Gasteiger partial charge >= 0.3 is 0 Å². The minimum absolute atomic E-state index is 0.465. The molecule has 2 rings (SSSR count). The summed E-state index contributed by atoms with van der Waals surface area (Å²) in [6.45, 7) is 6.27. The molecule has 2 aromatic rings. The average Bonchev–Trinajstić information content (AvgIpc) is 2.83. The third-order valence-electron chi connectivity index (χ3n) is 2.80.